The molecule has 6 nitrogen and oxygen atoms in total. The van der Waals surface area contributed by atoms with Crippen molar-refractivity contribution in [3.63, 3.8) is 0 Å². The summed E-state index contributed by atoms with van der Waals surface area (Å²) in [5, 5.41) is 5.98. The first-order valence-corrected chi connectivity index (χ1v) is 8.01. The van der Waals surface area contributed by atoms with Crippen molar-refractivity contribution in [1.29, 1.82) is 0 Å². The highest BCUT2D eigenvalue weighted by Gasteiger charge is 2.12. The van der Waals surface area contributed by atoms with Gasteiger partial charge >= 0.3 is 0 Å². The standard InChI is InChI=1S/C19H20N4O2/c1-12-9-13(2)17(14(3)10-12)23-18(24)16-6-7-20-19(22-16)21-11-15-5-4-8-25-15/h4-10H,11H2,1-3H3,(H,23,24)(H,20,21,22). The molecule has 0 atom stereocenters. The Morgan fingerprint density at radius 1 is 1.16 bits per heavy atom. The summed E-state index contributed by atoms with van der Waals surface area (Å²) in [7, 11) is 0. The minimum absolute atomic E-state index is 0.265. The molecule has 0 unspecified atom stereocenters. The number of rotatable bonds is 5. The van der Waals surface area contributed by atoms with Gasteiger partial charge in [0.2, 0.25) is 5.95 Å². The van der Waals surface area contributed by atoms with Crippen LogP contribution in [-0.2, 0) is 6.54 Å². The third kappa shape index (κ3) is 4.03. The smallest absolute Gasteiger partial charge is 0.274 e. The largest absolute Gasteiger partial charge is 0.467 e. The lowest BCUT2D eigenvalue weighted by Crippen LogP contribution is -2.16. The Hall–Kier alpha value is -3.15. The van der Waals surface area contributed by atoms with Gasteiger partial charge in [0.15, 0.2) is 0 Å². The fourth-order valence-corrected chi connectivity index (χ4v) is 2.70. The first-order chi connectivity index (χ1) is 12.0. The molecule has 6 heteroatoms. The van der Waals surface area contributed by atoms with E-state index in [1.54, 1.807) is 18.5 Å². The van der Waals surface area contributed by atoms with Crippen molar-refractivity contribution in [2.45, 2.75) is 27.3 Å². The number of anilines is 2. The van der Waals surface area contributed by atoms with Crippen LogP contribution in [0, 0.1) is 20.8 Å². The second kappa shape index (κ2) is 7.17. The van der Waals surface area contributed by atoms with Crippen LogP contribution in [0.1, 0.15) is 32.9 Å². The predicted molar refractivity (Wildman–Crippen MR) is 96.7 cm³/mol. The summed E-state index contributed by atoms with van der Waals surface area (Å²) in [4.78, 5) is 20.9. The maximum atomic E-state index is 12.5. The molecule has 128 valence electrons. The van der Waals surface area contributed by atoms with Crippen molar-refractivity contribution in [3.8, 4) is 0 Å². The summed E-state index contributed by atoms with van der Waals surface area (Å²) in [5.74, 6) is 0.879. The summed E-state index contributed by atoms with van der Waals surface area (Å²) >= 11 is 0. The van der Waals surface area contributed by atoms with Crippen LogP contribution >= 0.6 is 0 Å². The molecule has 0 saturated carbocycles. The number of hydrogen-bond acceptors (Lipinski definition) is 5. The number of carbonyl (C=O) groups is 1. The zero-order chi connectivity index (χ0) is 17.8. The Labute approximate surface area is 146 Å². The third-order valence-corrected chi connectivity index (χ3v) is 3.80. The fourth-order valence-electron chi connectivity index (χ4n) is 2.70. The maximum absolute atomic E-state index is 12.5. The average molecular weight is 336 g/mol. The Morgan fingerprint density at radius 2 is 1.92 bits per heavy atom. The van der Waals surface area contributed by atoms with Crippen molar-refractivity contribution in [2.75, 3.05) is 10.6 Å². The molecule has 0 radical (unpaired) electrons. The van der Waals surface area contributed by atoms with Gasteiger partial charge in [-0.25, -0.2) is 9.97 Å². The molecule has 1 aromatic carbocycles. The molecule has 0 saturated heterocycles. The molecule has 3 rings (SSSR count). The van der Waals surface area contributed by atoms with E-state index in [0.29, 0.717) is 18.2 Å². The number of benzene rings is 1. The van der Waals surface area contributed by atoms with Gasteiger partial charge in [0.05, 0.1) is 12.8 Å². The Kier molecular flexibility index (Phi) is 4.79. The Bertz CT molecular complexity index is 865. The number of aromatic nitrogens is 2. The molecular weight excluding hydrogens is 316 g/mol. The van der Waals surface area contributed by atoms with Crippen LogP contribution in [-0.4, -0.2) is 15.9 Å². The highest BCUT2D eigenvalue weighted by atomic mass is 16.3. The number of furan rings is 1. The van der Waals surface area contributed by atoms with Gasteiger partial charge in [0.1, 0.15) is 11.5 Å². The van der Waals surface area contributed by atoms with Gasteiger partial charge in [-0.3, -0.25) is 4.79 Å². The molecule has 3 aromatic rings. The minimum Gasteiger partial charge on any atom is -0.467 e. The van der Waals surface area contributed by atoms with E-state index in [9.17, 15) is 4.79 Å². The van der Waals surface area contributed by atoms with E-state index in [-0.39, 0.29) is 5.91 Å². The van der Waals surface area contributed by atoms with E-state index < -0.39 is 0 Å². The second-order valence-corrected chi connectivity index (χ2v) is 5.93. The predicted octanol–water partition coefficient (Wildman–Crippen LogP) is 3.86. The quantitative estimate of drug-likeness (QED) is 0.739. The van der Waals surface area contributed by atoms with Crippen LogP contribution in [0.3, 0.4) is 0 Å². The van der Waals surface area contributed by atoms with Crippen molar-refractivity contribution in [1.82, 2.24) is 9.97 Å². The van der Waals surface area contributed by atoms with E-state index >= 15 is 0 Å². The monoisotopic (exact) mass is 336 g/mol. The molecule has 2 N–H and O–H groups in total. The van der Waals surface area contributed by atoms with Gasteiger partial charge in [-0.2, -0.15) is 0 Å². The highest BCUT2D eigenvalue weighted by Crippen LogP contribution is 2.22. The van der Waals surface area contributed by atoms with Crippen molar-refractivity contribution in [2.24, 2.45) is 0 Å². The van der Waals surface area contributed by atoms with Gasteiger partial charge in [-0.15, -0.1) is 0 Å². The molecule has 0 aliphatic heterocycles. The highest BCUT2D eigenvalue weighted by molar-refractivity contribution is 6.03. The van der Waals surface area contributed by atoms with Gasteiger partial charge in [0, 0.05) is 11.9 Å². The average Bonchev–Trinajstić information content (AvgIpc) is 3.10. The van der Waals surface area contributed by atoms with Crippen LogP contribution in [0.25, 0.3) is 0 Å². The number of carbonyl (C=O) groups excluding carboxylic acids is 1. The Balaban J connectivity index is 1.73. The molecule has 0 bridgehead atoms. The number of nitrogens with one attached hydrogen (secondary N) is 2. The maximum Gasteiger partial charge on any atom is 0.274 e. The zero-order valence-electron chi connectivity index (χ0n) is 14.5. The van der Waals surface area contributed by atoms with Crippen molar-refractivity contribution >= 4 is 17.5 Å². The van der Waals surface area contributed by atoms with Crippen LogP contribution in [0.5, 0.6) is 0 Å². The third-order valence-electron chi connectivity index (χ3n) is 3.80. The lowest BCUT2D eigenvalue weighted by atomic mass is 10.1. The summed E-state index contributed by atoms with van der Waals surface area (Å²) in [6, 6.07) is 9.34. The van der Waals surface area contributed by atoms with Gasteiger partial charge < -0.3 is 15.1 Å². The first kappa shape index (κ1) is 16.7. The fraction of sp³-hybridized carbons (Fsp3) is 0.211. The van der Waals surface area contributed by atoms with Crippen LogP contribution in [0.15, 0.2) is 47.2 Å². The van der Waals surface area contributed by atoms with Crippen LogP contribution in [0.2, 0.25) is 0 Å². The minimum atomic E-state index is -0.265. The molecule has 2 heterocycles. The lowest BCUT2D eigenvalue weighted by Gasteiger charge is -2.13. The van der Waals surface area contributed by atoms with E-state index in [1.807, 2.05) is 45.0 Å². The molecule has 0 aliphatic carbocycles. The topological polar surface area (TPSA) is 80.0 Å². The van der Waals surface area contributed by atoms with E-state index in [4.69, 9.17) is 4.42 Å². The van der Waals surface area contributed by atoms with Crippen LogP contribution in [0.4, 0.5) is 11.6 Å². The van der Waals surface area contributed by atoms with Gasteiger partial charge in [-0.05, 0) is 50.1 Å². The molecule has 2 aromatic heterocycles. The molecular formula is C19H20N4O2. The summed E-state index contributed by atoms with van der Waals surface area (Å²) in [6.07, 6.45) is 3.16. The molecule has 0 aliphatic rings. The van der Waals surface area contributed by atoms with Gasteiger partial charge in [0.25, 0.3) is 5.91 Å². The lowest BCUT2D eigenvalue weighted by molar-refractivity contribution is 0.102. The van der Waals surface area contributed by atoms with Crippen molar-refractivity contribution < 1.29 is 9.21 Å². The zero-order valence-corrected chi connectivity index (χ0v) is 14.5. The van der Waals surface area contributed by atoms with E-state index in [2.05, 4.69) is 20.6 Å². The second-order valence-electron chi connectivity index (χ2n) is 5.93. The molecule has 0 spiro atoms. The van der Waals surface area contributed by atoms with E-state index in [0.717, 1.165) is 22.6 Å². The summed E-state index contributed by atoms with van der Waals surface area (Å²) < 4.78 is 5.25. The molecule has 0 fully saturated rings. The number of hydrogen-bond donors (Lipinski definition) is 2. The normalized spacial score (nSPS) is 10.5. The van der Waals surface area contributed by atoms with Gasteiger partial charge in [-0.1, -0.05) is 17.7 Å². The van der Waals surface area contributed by atoms with Crippen LogP contribution < -0.4 is 10.6 Å². The number of aryl methyl sites for hydroxylation is 3. The molecule has 25 heavy (non-hydrogen) atoms. The van der Waals surface area contributed by atoms with Crippen molar-refractivity contribution in [3.05, 3.63) is 70.9 Å². The number of amides is 1. The van der Waals surface area contributed by atoms with E-state index in [1.165, 1.54) is 5.56 Å². The SMILES string of the molecule is Cc1cc(C)c(NC(=O)c2ccnc(NCc3ccco3)n2)c(C)c1. The Morgan fingerprint density at radius 3 is 2.60 bits per heavy atom. The summed E-state index contributed by atoms with van der Waals surface area (Å²) in [6.45, 7) is 6.44. The molecule has 1 amide bonds. The number of nitrogens with zero attached hydrogens (tertiary/aromatic N) is 2. The first-order valence-electron chi connectivity index (χ1n) is 8.01. The summed E-state index contributed by atoms with van der Waals surface area (Å²) in [5.41, 5.74) is 4.34.